The minimum Gasteiger partial charge on any atom is -0.511 e. The Morgan fingerprint density at radius 3 is 2.16 bits per heavy atom. The van der Waals surface area contributed by atoms with Crippen molar-refractivity contribution in [2.24, 2.45) is 5.92 Å². The van der Waals surface area contributed by atoms with Gasteiger partial charge in [0.2, 0.25) is 10.5 Å². The number of halogens is 3. The van der Waals surface area contributed by atoms with Crippen molar-refractivity contribution in [1.82, 2.24) is 14.7 Å². The third kappa shape index (κ3) is 5.27. The largest absolute Gasteiger partial charge is 0.511 e. The van der Waals surface area contributed by atoms with Gasteiger partial charge in [0.25, 0.3) is 17.4 Å². The molecule has 1 unspecified atom stereocenters. The Labute approximate surface area is 281 Å². The highest BCUT2D eigenvalue weighted by molar-refractivity contribution is 7.18. The number of nitrogens with one attached hydrogen (secondary N) is 1. The summed E-state index contributed by atoms with van der Waals surface area (Å²) in [5.74, 6) is -3.07. The van der Waals surface area contributed by atoms with Crippen LogP contribution in [-0.2, 0) is 29.5 Å². The van der Waals surface area contributed by atoms with Crippen molar-refractivity contribution in [2.45, 2.75) is 58.3 Å². The number of para-hydroxylation sites is 1. The molecule has 2 aromatic heterocycles. The molecule has 0 radical (unpaired) electrons. The van der Waals surface area contributed by atoms with Crippen LogP contribution in [0.25, 0.3) is 26.6 Å². The average Bonchev–Trinajstić information content (AvgIpc) is 3.59. The number of aromatic amines is 1. The van der Waals surface area contributed by atoms with Crippen LogP contribution in [0.4, 0.5) is 13.2 Å². The molecule has 0 bridgehead atoms. The van der Waals surface area contributed by atoms with Gasteiger partial charge < -0.3 is 5.11 Å². The lowest BCUT2D eigenvalue weighted by Gasteiger charge is -2.27. The van der Waals surface area contributed by atoms with E-state index in [9.17, 15) is 37.5 Å². The summed E-state index contributed by atoms with van der Waals surface area (Å²) in [6.07, 6.45) is -3.87. The van der Waals surface area contributed by atoms with E-state index in [0.717, 1.165) is 20.3 Å². The Balaban J connectivity index is 1.12. The van der Waals surface area contributed by atoms with Crippen LogP contribution in [0.3, 0.4) is 0 Å². The number of Topliss-reactive ketones (excluding diaryl/α,β-unsaturated/α-hetero) is 1. The monoisotopic (exact) mass is 689 g/mol. The highest BCUT2D eigenvalue weighted by Crippen LogP contribution is 2.42. The number of aliphatic hydroxyl groups excluding tert-OH is 1. The van der Waals surface area contributed by atoms with Crippen molar-refractivity contribution in [1.29, 1.82) is 0 Å². The zero-order chi connectivity index (χ0) is 35.0. The van der Waals surface area contributed by atoms with Gasteiger partial charge in [0.15, 0.2) is 5.78 Å². The highest BCUT2D eigenvalue weighted by atomic mass is 32.1. The number of carbonyl (C=O) groups is 3. The number of amides is 2. The number of allylic oxidation sites excluding steroid dienone is 2. The van der Waals surface area contributed by atoms with Gasteiger partial charge in [-0.2, -0.15) is 17.7 Å². The van der Waals surface area contributed by atoms with Crippen LogP contribution in [0.5, 0.6) is 0 Å². The van der Waals surface area contributed by atoms with E-state index in [1.165, 1.54) is 16.2 Å². The number of aliphatic hydroxyl groups is 1. The number of alkyl halides is 3. The second-order valence-electron chi connectivity index (χ2n) is 13.3. The van der Waals surface area contributed by atoms with Crippen LogP contribution in [0.2, 0.25) is 0 Å². The Morgan fingerprint density at radius 1 is 0.898 bits per heavy atom. The molecule has 49 heavy (non-hydrogen) atoms. The van der Waals surface area contributed by atoms with Crippen LogP contribution < -0.4 is 10.1 Å². The van der Waals surface area contributed by atoms with Crippen LogP contribution >= 0.6 is 11.3 Å². The van der Waals surface area contributed by atoms with Crippen molar-refractivity contribution in [3.05, 3.63) is 104 Å². The molecule has 0 saturated carbocycles. The first-order valence-corrected chi connectivity index (χ1v) is 16.7. The number of hydrogen-bond donors (Lipinski definition) is 2. The molecule has 0 fully saturated rings. The summed E-state index contributed by atoms with van der Waals surface area (Å²) in [5, 5.41) is 15.4. The Kier molecular flexibility index (Phi) is 7.65. The van der Waals surface area contributed by atoms with Gasteiger partial charge in [0, 0.05) is 35.5 Å². The lowest BCUT2D eigenvalue weighted by atomic mass is 9.77. The molecule has 2 aliphatic rings. The number of H-pyrrole nitrogens is 1. The molecule has 7 rings (SSSR count). The Bertz CT molecular complexity index is 2260. The van der Waals surface area contributed by atoms with E-state index >= 15 is 0 Å². The summed E-state index contributed by atoms with van der Waals surface area (Å²) >= 11 is 1.40. The molecule has 5 aromatic rings. The van der Waals surface area contributed by atoms with E-state index in [1.54, 1.807) is 45.0 Å². The van der Waals surface area contributed by atoms with Gasteiger partial charge in [0.1, 0.15) is 22.7 Å². The van der Waals surface area contributed by atoms with Gasteiger partial charge in [-0.1, -0.05) is 47.7 Å². The van der Waals surface area contributed by atoms with Gasteiger partial charge in [-0.25, -0.2) is 4.68 Å². The standard InChI is InChI=1S/C36H31F3N4O5S/c1-35(2,3)43-34(48)28(31(40-43)36(37,38)39)27-29(44)22(30(27)45)18-25-41(23-14-4-5-15-24(23)49-25)16-6-7-17-42-32(46)20-12-8-10-19-11-9-13-21(26(19)20)33(42)47/h4-5,8-15,22H,6-7,16-18H2,1-3H3,(H-,40,44,45,48)/p+1. The number of benzene rings is 3. The van der Waals surface area contributed by atoms with E-state index in [-0.39, 0.29) is 24.8 Å². The predicted octanol–water partition coefficient (Wildman–Crippen LogP) is 6.39. The number of imide groups is 1. The molecule has 2 amide bonds. The molecule has 252 valence electrons. The van der Waals surface area contributed by atoms with E-state index in [0.29, 0.717) is 40.9 Å². The maximum atomic E-state index is 14.0. The molecule has 1 aliphatic heterocycles. The van der Waals surface area contributed by atoms with Crippen molar-refractivity contribution in [3.63, 3.8) is 0 Å². The number of thiazole rings is 1. The number of ketones is 1. The Hall–Kier alpha value is -5.04. The van der Waals surface area contributed by atoms with Crippen LogP contribution in [0, 0.1) is 5.92 Å². The van der Waals surface area contributed by atoms with Crippen molar-refractivity contribution in [2.75, 3.05) is 6.54 Å². The molecule has 3 heterocycles. The first kappa shape index (κ1) is 32.5. The summed E-state index contributed by atoms with van der Waals surface area (Å²) in [5.41, 5.74) is -3.06. The van der Waals surface area contributed by atoms with E-state index < -0.39 is 51.6 Å². The molecule has 1 aliphatic carbocycles. The molecule has 9 nitrogen and oxygen atoms in total. The zero-order valence-corrected chi connectivity index (χ0v) is 27.7. The zero-order valence-electron chi connectivity index (χ0n) is 26.9. The van der Waals surface area contributed by atoms with Crippen LogP contribution in [0.15, 0.2) is 71.2 Å². The maximum absolute atomic E-state index is 14.0. The number of aryl methyl sites for hydroxylation is 1. The summed E-state index contributed by atoms with van der Waals surface area (Å²) in [6.45, 7) is 5.33. The molecule has 13 heteroatoms. The number of carbonyl (C=O) groups excluding carboxylic acids is 3. The minimum atomic E-state index is -4.96. The van der Waals surface area contributed by atoms with Crippen LogP contribution in [0.1, 0.15) is 70.6 Å². The number of nitrogens with zero attached hydrogens (tertiary/aromatic N) is 3. The van der Waals surface area contributed by atoms with E-state index in [1.807, 2.05) is 41.0 Å². The summed E-state index contributed by atoms with van der Waals surface area (Å²) in [4.78, 5) is 54.5. The van der Waals surface area contributed by atoms with E-state index in [2.05, 4.69) is 5.10 Å². The third-order valence-electron chi connectivity index (χ3n) is 9.18. The summed E-state index contributed by atoms with van der Waals surface area (Å²) < 4.78 is 45.7. The number of rotatable bonds is 8. The van der Waals surface area contributed by atoms with E-state index in [4.69, 9.17) is 0 Å². The minimum absolute atomic E-state index is 0.0244. The summed E-state index contributed by atoms with van der Waals surface area (Å²) in [6, 6.07) is 18.4. The Morgan fingerprint density at radius 2 is 1.55 bits per heavy atom. The first-order valence-electron chi connectivity index (χ1n) is 15.9. The lowest BCUT2D eigenvalue weighted by molar-refractivity contribution is -0.675. The van der Waals surface area contributed by atoms with Gasteiger partial charge >= 0.3 is 6.18 Å². The number of fused-ring (bicyclic) bond motifs is 1. The fraction of sp³-hybridized carbons (Fsp3) is 0.306. The summed E-state index contributed by atoms with van der Waals surface area (Å²) in [7, 11) is 0. The van der Waals surface area contributed by atoms with Crippen molar-refractivity contribution >= 4 is 55.5 Å². The SMILES string of the molecule is CC(C)(C)n1[nH]c(C(F)(F)F)c(C2=C(O)C(Cc3sc4ccccc4[n+]3CCCCN3C(=O)c4cccc5cccc(c45)C3=O)C2=O)c1=O. The molecule has 3 aromatic carbocycles. The van der Waals surface area contributed by atoms with Gasteiger partial charge in [-0.3, -0.25) is 29.2 Å². The second kappa shape index (κ2) is 11.5. The first-order chi connectivity index (χ1) is 23.2. The fourth-order valence-electron chi connectivity index (χ4n) is 6.79. The van der Waals surface area contributed by atoms with Crippen molar-refractivity contribution < 1.29 is 37.2 Å². The van der Waals surface area contributed by atoms with Crippen LogP contribution in [-0.4, -0.2) is 43.9 Å². The molecular formula is C36H32F3N4O5S+. The smallest absolute Gasteiger partial charge is 0.433 e. The quantitative estimate of drug-likeness (QED) is 0.111. The highest BCUT2D eigenvalue weighted by Gasteiger charge is 2.49. The topological polar surface area (TPSA) is 116 Å². The molecule has 2 N–H and O–H groups in total. The maximum Gasteiger partial charge on any atom is 0.433 e. The lowest BCUT2D eigenvalue weighted by Crippen LogP contribution is -2.42. The number of unbranched alkanes of at least 4 members (excludes halogenated alkanes) is 1. The normalized spacial score (nSPS) is 16.7. The molecule has 0 saturated heterocycles. The predicted molar refractivity (Wildman–Crippen MR) is 177 cm³/mol. The number of aromatic nitrogens is 3. The fourth-order valence-corrected chi connectivity index (χ4v) is 8.02. The molecule has 1 atom stereocenters. The molecular weight excluding hydrogens is 657 g/mol. The van der Waals surface area contributed by atoms with Gasteiger partial charge in [-0.05, 0) is 50.8 Å². The average molecular weight is 690 g/mol. The van der Waals surface area contributed by atoms with Crippen molar-refractivity contribution in [3.8, 4) is 0 Å². The van der Waals surface area contributed by atoms with Gasteiger partial charge in [-0.15, -0.1) is 0 Å². The number of hydrogen-bond acceptors (Lipinski definition) is 6. The second-order valence-corrected chi connectivity index (χ2v) is 14.5. The van der Waals surface area contributed by atoms with Gasteiger partial charge in [0.05, 0.1) is 29.0 Å². The third-order valence-corrected chi connectivity index (χ3v) is 10.4. The molecule has 0 spiro atoms.